The highest BCUT2D eigenvalue weighted by Gasteiger charge is 2.21. The Hall–Kier alpha value is -2.54. The van der Waals surface area contributed by atoms with Crippen molar-refractivity contribution >= 4 is 0 Å². The molecule has 1 fully saturated rings. The van der Waals surface area contributed by atoms with Gasteiger partial charge in [0.2, 0.25) is 0 Å². The van der Waals surface area contributed by atoms with Gasteiger partial charge in [0.1, 0.15) is 5.69 Å². The summed E-state index contributed by atoms with van der Waals surface area (Å²) in [6.45, 7) is 1.88. The molecule has 7 heteroatoms. The Morgan fingerprint density at radius 3 is 2.75 bits per heavy atom. The molecular formula is C13H13N7. The van der Waals surface area contributed by atoms with Gasteiger partial charge in [-0.05, 0) is 0 Å². The number of H-pyrrole nitrogens is 1. The zero-order valence-electron chi connectivity index (χ0n) is 10.7. The number of benzene rings is 1. The molecule has 3 heterocycles. The van der Waals surface area contributed by atoms with Gasteiger partial charge in [-0.2, -0.15) is 5.10 Å². The first kappa shape index (κ1) is 11.3. The van der Waals surface area contributed by atoms with Gasteiger partial charge >= 0.3 is 0 Å². The minimum Gasteiger partial charge on any atom is -0.312 e. The van der Waals surface area contributed by atoms with E-state index in [1.807, 2.05) is 41.2 Å². The third-order valence-corrected chi connectivity index (χ3v) is 3.40. The largest absolute Gasteiger partial charge is 0.312 e. The summed E-state index contributed by atoms with van der Waals surface area (Å²) in [5, 5.41) is 18.6. The summed E-state index contributed by atoms with van der Waals surface area (Å²) in [5.74, 6) is 1.31. The van der Waals surface area contributed by atoms with Gasteiger partial charge in [0, 0.05) is 18.7 Å². The summed E-state index contributed by atoms with van der Waals surface area (Å²) in [7, 11) is 0. The summed E-state index contributed by atoms with van der Waals surface area (Å²) >= 11 is 0. The third kappa shape index (κ3) is 1.88. The van der Waals surface area contributed by atoms with Crippen molar-refractivity contribution in [1.82, 2.24) is 35.5 Å². The van der Waals surface area contributed by atoms with E-state index < -0.39 is 0 Å². The lowest BCUT2D eigenvalue weighted by Gasteiger charge is -2.26. The van der Waals surface area contributed by atoms with Gasteiger partial charge in [-0.25, -0.2) is 9.67 Å². The molecule has 0 aliphatic carbocycles. The van der Waals surface area contributed by atoms with Crippen LogP contribution in [-0.2, 0) is 0 Å². The lowest BCUT2D eigenvalue weighted by atomic mass is 10.2. The molecule has 0 spiro atoms. The highest BCUT2D eigenvalue weighted by Crippen LogP contribution is 2.19. The van der Waals surface area contributed by atoms with Crippen LogP contribution in [-0.4, -0.2) is 43.3 Å². The summed E-state index contributed by atoms with van der Waals surface area (Å²) in [5.41, 5.74) is 1.69. The van der Waals surface area contributed by atoms with Crippen LogP contribution in [0.5, 0.6) is 0 Å². The first-order chi connectivity index (χ1) is 9.90. The maximum absolute atomic E-state index is 4.47. The van der Waals surface area contributed by atoms with E-state index in [2.05, 4.69) is 30.8 Å². The van der Waals surface area contributed by atoms with Crippen molar-refractivity contribution in [2.45, 2.75) is 6.04 Å². The Bertz CT molecular complexity index is 711. The molecule has 20 heavy (non-hydrogen) atoms. The quantitative estimate of drug-likeness (QED) is 0.735. The van der Waals surface area contributed by atoms with Gasteiger partial charge in [0.25, 0.3) is 0 Å². The monoisotopic (exact) mass is 267 g/mol. The van der Waals surface area contributed by atoms with Gasteiger partial charge in [0.05, 0.1) is 12.2 Å². The fraction of sp³-hybridized carbons (Fsp3) is 0.231. The molecule has 2 aromatic heterocycles. The van der Waals surface area contributed by atoms with Crippen LogP contribution in [0.1, 0.15) is 6.04 Å². The first-order valence-corrected chi connectivity index (χ1v) is 6.51. The SMILES string of the molecule is c1ccc(-c2n[nH]c(-c3cn(C4CNC4)nn3)n2)cc1. The fourth-order valence-corrected chi connectivity index (χ4v) is 2.12. The second-order valence-corrected chi connectivity index (χ2v) is 4.77. The highest BCUT2D eigenvalue weighted by atomic mass is 15.5. The molecular weight excluding hydrogens is 254 g/mol. The molecule has 0 saturated carbocycles. The van der Waals surface area contributed by atoms with Gasteiger partial charge < -0.3 is 5.32 Å². The summed E-state index contributed by atoms with van der Waals surface area (Å²) < 4.78 is 1.87. The number of nitrogens with zero attached hydrogens (tertiary/aromatic N) is 5. The molecule has 100 valence electrons. The van der Waals surface area contributed by atoms with Crippen molar-refractivity contribution in [1.29, 1.82) is 0 Å². The standard InChI is InChI=1S/C13H13N7/c1-2-4-9(5-3-1)12-15-13(18-17-12)11-8-20(19-16-11)10-6-14-7-10/h1-5,8,10,14H,6-7H2,(H,15,17,18). The number of aromatic amines is 1. The fourth-order valence-electron chi connectivity index (χ4n) is 2.12. The summed E-state index contributed by atoms with van der Waals surface area (Å²) in [4.78, 5) is 4.47. The smallest absolute Gasteiger partial charge is 0.181 e. The summed E-state index contributed by atoms with van der Waals surface area (Å²) in [6.07, 6.45) is 1.90. The molecule has 0 bridgehead atoms. The van der Waals surface area contributed by atoms with Crippen LogP contribution in [0, 0.1) is 0 Å². The predicted molar refractivity (Wildman–Crippen MR) is 72.7 cm³/mol. The van der Waals surface area contributed by atoms with Crippen molar-refractivity contribution in [3.05, 3.63) is 36.5 Å². The zero-order valence-corrected chi connectivity index (χ0v) is 10.7. The van der Waals surface area contributed by atoms with Crippen LogP contribution in [0.25, 0.3) is 22.9 Å². The topological polar surface area (TPSA) is 84.3 Å². The first-order valence-electron chi connectivity index (χ1n) is 6.51. The van der Waals surface area contributed by atoms with E-state index in [9.17, 15) is 0 Å². The minimum absolute atomic E-state index is 0.396. The van der Waals surface area contributed by atoms with E-state index in [4.69, 9.17) is 0 Å². The van der Waals surface area contributed by atoms with Crippen LogP contribution in [0.15, 0.2) is 36.5 Å². The number of hydrogen-bond donors (Lipinski definition) is 2. The molecule has 3 aromatic rings. The molecule has 1 saturated heterocycles. The highest BCUT2D eigenvalue weighted by molar-refractivity contribution is 5.58. The van der Waals surface area contributed by atoms with Crippen molar-refractivity contribution in [2.75, 3.05) is 13.1 Å². The van der Waals surface area contributed by atoms with Gasteiger partial charge in [-0.3, -0.25) is 5.10 Å². The predicted octanol–water partition coefficient (Wildman–Crippen LogP) is 0.874. The maximum atomic E-state index is 4.47. The van der Waals surface area contributed by atoms with Crippen molar-refractivity contribution < 1.29 is 0 Å². The zero-order chi connectivity index (χ0) is 13.4. The second-order valence-electron chi connectivity index (χ2n) is 4.77. The Morgan fingerprint density at radius 1 is 1.15 bits per heavy atom. The maximum Gasteiger partial charge on any atom is 0.181 e. The lowest BCUT2D eigenvalue weighted by molar-refractivity contribution is 0.313. The molecule has 0 amide bonds. The van der Waals surface area contributed by atoms with E-state index >= 15 is 0 Å². The molecule has 2 N–H and O–H groups in total. The average molecular weight is 267 g/mol. The van der Waals surface area contributed by atoms with Gasteiger partial charge in [-0.15, -0.1) is 5.10 Å². The average Bonchev–Trinajstić information content (AvgIpc) is 3.06. The number of hydrogen-bond acceptors (Lipinski definition) is 5. The van der Waals surface area contributed by atoms with Crippen molar-refractivity contribution in [3.8, 4) is 22.9 Å². The molecule has 0 radical (unpaired) electrons. The van der Waals surface area contributed by atoms with Crippen molar-refractivity contribution in [3.63, 3.8) is 0 Å². The van der Waals surface area contributed by atoms with E-state index in [0.29, 0.717) is 23.4 Å². The van der Waals surface area contributed by atoms with Crippen LogP contribution in [0.2, 0.25) is 0 Å². The molecule has 0 atom stereocenters. The van der Waals surface area contributed by atoms with E-state index in [-0.39, 0.29) is 0 Å². The lowest BCUT2D eigenvalue weighted by Crippen LogP contribution is -2.43. The second kappa shape index (κ2) is 4.53. The van der Waals surface area contributed by atoms with Crippen LogP contribution >= 0.6 is 0 Å². The van der Waals surface area contributed by atoms with Gasteiger partial charge in [-0.1, -0.05) is 35.5 Å². The Balaban J connectivity index is 1.63. The van der Waals surface area contributed by atoms with Crippen LogP contribution < -0.4 is 5.32 Å². The van der Waals surface area contributed by atoms with Crippen LogP contribution in [0.3, 0.4) is 0 Å². The Labute approximate surface area is 115 Å². The Morgan fingerprint density at radius 2 is 2.00 bits per heavy atom. The molecule has 1 aromatic carbocycles. The molecule has 7 nitrogen and oxygen atoms in total. The molecule has 1 aliphatic rings. The number of nitrogens with one attached hydrogen (secondary N) is 2. The van der Waals surface area contributed by atoms with E-state index in [0.717, 1.165) is 18.7 Å². The molecule has 1 aliphatic heterocycles. The van der Waals surface area contributed by atoms with Crippen LogP contribution in [0.4, 0.5) is 0 Å². The van der Waals surface area contributed by atoms with E-state index in [1.165, 1.54) is 0 Å². The minimum atomic E-state index is 0.396. The molecule has 4 rings (SSSR count). The normalized spacial score (nSPS) is 15.2. The molecule has 0 unspecified atom stereocenters. The van der Waals surface area contributed by atoms with Crippen molar-refractivity contribution in [2.24, 2.45) is 0 Å². The summed E-state index contributed by atoms with van der Waals surface area (Å²) in [6, 6.07) is 10.2. The third-order valence-electron chi connectivity index (χ3n) is 3.40. The van der Waals surface area contributed by atoms with Gasteiger partial charge in [0.15, 0.2) is 11.6 Å². The number of aromatic nitrogens is 6. The van der Waals surface area contributed by atoms with E-state index in [1.54, 1.807) is 0 Å². The Kier molecular flexibility index (Phi) is 2.56. The number of rotatable bonds is 3.